The van der Waals surface area contributed by atoms with Crippen LogP contribution in [0.25, 0.3) is 0 Å². The third kappa shape index (κ3) is 0.672. The first-order chi connectivity index (χ1) is 5.78. The minimum Gasteiger partial charge on any atom is -0.451 e. The summed E-state index contributed by atoms with van der Waals surface area (Å²) >= 11 is 0. The Kier molecular flexibility index (Phi) is 1.06. The molecule has 2 aliphatic heterocycles. The van der Waals surface area contributed by atoms with Gasteiger partial charge in [0.05, 0.1) is 12.7 Å². The fourth-order valence-electron chi connectivity index (χ4n) is 2.49. The summed E-state index contributed by atoms with van der Waals surface area (Å²) in [6.45, 7) is 0.731. The van der Waals surface area contributed by atoms with E-state index in [4.69, 9.17) is 9.47 Å². The lowest BCUT2D eigenvalue weighted by Gasteiger charge is -2.29. The van der Waals surface area contributed by atoms with E-state index in [9.17, 15) is 4.79 Å². The minimum absolute atomic E-state index is 0.162. The number of hydrogen-bond acceptors (Lipinski definition) is 3. The van der Waals surface area contributed by atoms with Gasteiger partial charge in [0.1, 0.15) is 5.60 Å². The van der Waals surface area contributed by atoms with E-state index in [2.05, 4.69) is 0 Å². The zero-order chi connectivity index (χ0) is 8.18. The first kappa shape index (κ1) is 6.66. The summed E-state index contributed by atoms with van der Waals surface area (Å²) in [6.07, 6.45) is 4.57. The second-order valence-corrected chi connectivity index (χ2v) is 3.74. The maximum Gasteiger partial charge on any atom is 0.331 e. The molecule has 3 aliphatic rings. The molecule has 64 valence electrons. The van der Waals surface area contributed by atoms with Crippen molar-refractivity contribution in [2.45, 2.75) is 31.0 Å². The average Bonchev–Trinajstić information content (AvgIpc) is 2.37. The quantitative estimate of drug-likeness (QED) is 0.499. The third-order valence-electron chi connectivity index (χ3n) is 3.04. The molecule has 0 N–H and O–H groups in total. The fraction of sp³-hybridized carbons (Fsp3) is 0.667. The number of esters is 1. The van der Waals surface area contributed by atoms with Crippen LogP contribution in [0, 0.1) is 0 Å². The first-order valence-electron chi connectivity index (χ1n) is 4.34. The van der Waals surface area contributed by atoms with Gasteiger partial charge in [-0.1, -0.05) is 0 Å². The molecule has 1 aliphatic carbocycles. The summed E-state index contributed by atoms with van der Waals surface area (Å²) in [7, 11) is 0. The van der Waals surface area contributed by atoms with Crippen molar-refractivity contribution < 1.29 is 14.3 Å². The summed E-state index contributed by atoms with van der Waals surface area (Å²) in [5, 5.41) is 0. The molecule has 3 heteroatoms. The van der Waals surface area contributed by atoms with Crippen molar-refractivity contribution in [2.24, 2.45) is 0 Å². The predicted molar refractivity (Wildman–Crippen MR) is 40.5 cm³/mol. The smallest absolute Gasteiger partial charge is 0.331 e. The molecular formula is C9H10O3. The van der Waals surface area contributed by atoms with Gasteiger partial charge in [-0.2, -0.15) is 0 Å². The Morgan fingerprint density at radius 2 is 2.50 bits per heavy atom. The summed E-state index contributed by atoms with van der Waals surface area (Å²) in [5.41, 5.74) is 0.926. The molecule has 0 aromatic heterocycles. The Balaban J connectivity index is 2.05. The van der Waals surface area contributed by atoms with Crippen LogP contribution in [0.2, 0.25) is 0 Å². The van der Waals surface area contributed by atoms with Gasteiger partial charge in [-0.15, -0.1) is 0 Å². The molecule has 1 spiro atoms. The maximum atomic E-state index is 11.0. The van der Waals surface area contributed by atoms with Gasteiger partial charge in [-0.25, -0.2) is 4.79 Å². The van der Waals surface area contributed by atoms with Crippen LogP contribution in [0.15, 0.2) is 11.6 Å². The number of hydrogen-bond donors (Lipinski definition) is 0. The van der Waals surface area contributed by atoms with Crippen molar-refractivity contribution in [3.63, 3.8) is 0 Å². The highest BCUT2D eigenvalue weighted by Crippen LogP contribution is 2.48. The van der Waals surface area contributed by atoms with Crippen LogP contribution in [0.4, 0.5) is 0 Å². The second kappa shape index (κ2) is 1.91. The highest BCUT2D eigenvalue weighted by atomic mass is 16.6. The van der Waals surface area contributed by atoms with Gasteiger partial charge in [-0.3, -0.25) is 0 Å². The van der Waals surface area contributed by atoms with Crippen molar-refractivity contribution in [1.82, 2.24) is 0 Å². The Morgan fingerprint density at radius 3 is 3.42 bits per heavy atom. The van der Waals surface area contributed by atoms with Crippen LogP contribution in [-0.2, 0) is 14.3 Å². The average molecular weight is 166 g/mol. The van der Waals surface area contributed by atoms with E-state index in [0.717, 1.165) is 31.4 Å². The molecule has 0 aromatic carbocycles. The van der Waals surface area contributed by atoms with E-state index in [1.165, 1.54) is 0 Å². The topological polar surface area (TPSA) is 35.5 Å². The number of carbonyl (C=O) groups excluding carboxylic acids is 1. The lowest BCUT2D eigenvalue weighted by atomic mass is 9.94. The van der Waals surface area contributed by atoms with Crippen molar-refractivity contribution in [1.29, 1.82) is 0 Å². The van der Waals surface area contributed by atoms with Crippen LogP contribution in [0.5, 0.6) is 0 Å². The van der Waals surface area contributed by atoms with Crippen molar-refractivity contribution in [3.05, 3.63) is 11.6 Å². The molecule has 0 amide bonds. The Labute approximate surface area is 70.3 Å². The molecule has 2 heterocycles. The largest absolute Gasteiger partial charge is 0.451 e. The number of rotatable bonds is 0. The Bertz CT molecular complexity index is 281. The molecule has 2 fully saturated rings. The zero-order valence-corrected chi connectivity index (χ0v) is 6.71. The standard InChI is InChI=1S/C9H10O3/c10-8-4-6-3-7-5-9(6,12-8)1-2-11-7/h4,7H,1-3,5H2/t7-,9+/m1/s1. The molecule has 3 rings (SSSR count). The molecular weight excluding hydrogens is 156 g/mol. The van der Waals surface area contributed by atoms with Crippen LogP contribution in [-0.4, -0.2) is 24.3 Å². The van der Waals surface area contributed by atoms with E-state index >= 15 is 0 Å². The summed E-state index contributed by atoms with van der Waals surface area (Å²) in [6, 6.07) is 0. The zero-order valence-electron chi connectivity index (χ0n) is 6.71. The number of carbonyl (C=O) groups is 1. The minimum atomic E-state index is -0.236. The van der Waals surface area contributed by atoms with E-state index < -0.39 is 0 Å². The van der Waals surface area contributed by atoms with Gasteiger partial charge in [0.15, 0.2) is 0 Å². The molecule has 0 unspecified atom stereocenters. The summed E-state index contributed by atoms with van der Waals surface area (Å²) < 4.78 is 10.8. The van der Waals surface area contributed by atoms with Crippen LogP contribution in [0.3, 0.4) is 0 Å². The first-order valence-corrected chi connectivity index (χ1v) is 4.34. The van der Waals surface area contributed by atoms with Crippen molar-refractivity contribution in [2.75, 3.05) is 6.61 Å². The van der Waals surface area contributed by atoms with Crippen molar-refractivity contribution in [3.8, 4) is 0 Å². The highest BCUT2D eigenvalue weighted by Gasteiger charge is 2.52. The van der Waals surface area contributed by atoms with Gasteiger partial charge < -0.3 is 9.47 Å². The third-order valence-corrected chi connectivity index (χ3v) is 3.04. The molecule has 1 saturated heterocycles. The summed E-state index contributed by atoms with van der Waals surface area (Å²) in [4.78, 5) is 11.0. The molecule has 2 atom stereocenters. The molecule has 2 bridgehead atoms. The van der Waals surface area contributed by atoms with E-state index in [1.54, 1.807) is 6.08 Å². The van der Waals surface area contributed by atoms with E-state index in [-0.39, 0.29) is 11.6 Å². The molecule has 12 heavy (non-hydrogen) atoms. The van der Waals surface area contributed by atoms with Crippen LogP contribution in [0.1, 0.15) is 19.3 Å². The van der Waals surface area contributed by atoms with Gasteiger partial charge in [-0.05, 0) is 12.0 Å². The van der Waals surface area contributed by atoms with Gasteiger partial charge in [0.2, 0.25) is 0 Å². The highest BCUT2D eigenvalue weighted by molar-refractivity contribution is 5.87. The SMILES string of the molecule is O=C1C=C2C[C@@H]3C[C@]2(CCO3)O1. The van der Waals surface area contributed by atoms with Gasteiger partial charge >= 0.3 is 5.97 Å². The van der Waals surface area contributed by atoms with Gasteiger partial charge in [0, 0.05) is 18.9 Å². The Hall–Kier alpha value is -0.830. The second-order valence-electron chi connectivity index (χ2n) is 3.74. The van der Waals surface area contributed by atoms with E-state index in [0.29, 0.717) is 6.10 Å². The lowest BCUT2D eigenvalue weighted by Crippen LogP contribution is -2.35. The van der Waals surface area contributed by atoms with Crippen LogP contribution < -0.4 is 0 Å². The van der Waals surface area contributed by atoms with Crippen LogP contribution >= 0.6 is 0 Å². The molecule has 0 radical (unpaired) electrons. The molecule has 0 aromatic rings. The number of ether oxygens (including phenoxy) is 2. The monoisotopic (exact) mass is 166 g/mol. The molecule has 3 nitrogen and oxygen atoms in total. The van der Waals surface area contributed by atoms with Gasteiger partial charge in [0.25, 0.3) is 0 Å². The van der Waals surface area contributed by atoms with E-state index in [1.807, 2.05) is 0 Å². The Morgan fingerprint density at radius 1 is 1.58 bits per heavy atom. The lowest BCUT2D eigenvalue weighted by molar-refractivity contribution is -0.152. The fourth-order valence-corrected chi connectivity index (χ4v) is 2.49. The summed E-state index contributed by atoms with van der Waals surface area (Å²) in [5.74, 6) is -0.162. The number of fused-ring (bicyclic) bond motifs is 1. The molecule has 1 saturated carbocycles. The maximum absolute atomic E-state index is 11.0. The van der Waals surface area contributed by atoms with Crippen molar-refractivity contribution >= 4 is 5.97 Å². The predicted octanol–water partition coefficient (Wildman–Crippen LogP) is 0.791. The normalized spacial score (nSPS) is 43.8.